The number of carbonyl (C=O) groups excluding carboxylic acids is 2. The van der Waals surface area contributed by atoms with Gasteiger partial charge in [0.2, 0.25) is 0 Å². The fourth-order valence-corrected chi connectivity index (χ4v) is 3.87. The van der Waals surface area contributed by atoms with Gasteiger partial charge in [-0.05, 0) is 69.4 Å². The van der Waals surface area contributed by atoms with Gasteiger partial charge in [-0.25, -0.2) is 9.59 Å². The average Bonchev–Trinajstić information content (AvgIpc) is 2.82. The number of nitrogens with one attached hydrogen (secondary N) is 1. The minimum Gasteiger partial charge on any atom is -0.493 e. The third-order valence-electron chi connectivity index (χ3n) is 5.67. The molecule has 1 atom stereocenters. The van der Waals surface area contributed by atoms with E-state index in [9.17, 15) is 9.59 Å². The third kappa shape index (κ3) is 7.93. The van der Waals surface area contributed by atoms with Gasteiger partial charge in [0.15, 0.2) is 0 Å². The summed E-state index contributed by atoms with van der Waals surface area (Å²) < 4.78 is 16.1. The first-order valence-corrected chi connectivity index (χ1v) is 11.7. The Balaban J connectivity index is 1.47. The number of nitrogens with zero attached hydrogens (tertiary/aromatic N) is 2. The lowest BCUT2D eigenvalue weighted by Gasteiger charge is -2.33. The summed E-state index contributed by atoms with van der Waals surface area (Å²) in [7, 11) is 1.30. The Morgan fingerprint density at radius 3 is 2.32 bits per heavy atom. The zero-order chi connectivity index (χ0) is 24.6. The van der Waals surface area contributed by atoms with Gasteiger partial charge >= 0.3 is 12.1 Å². The van der Waals surface area contributed by atoms with Gasteiger partial charge in [0.05, 0.1) is 13.7 Å². The Kier molecular flexibility index (Phi) is 8.73. The fraction of sp³-hybridized carbons (Fsp3) is 0.500. The van der Waals surface area contributed by atoms with E-state index in [1.165, 1.54) is 12.8 Å². The Bertz CT molecular complexity index is 920. The standard InChI is InChI=1S/C26H35N3O5/c1-26(2,3)34-25(31)28-23(24(30)32-4)17-19-5-7-22(8-6-19)33-18-20-11-15-29(16-12-20)21-9-13-27-14-10-21/h5-10,13-14,20,23H,11-12,15-18H2,1-4H3,(H,28,31). The molecule has 0 saturated carbocycles. The molecular weight excluding hydrogens is 434 g/mol. The predicted octanol–water partition coefficient (Wildman–Crippen LogP) is 3.99. The lowest BCUT2D eigenvalue weighted by atomic mass is 9.97. The second kappa shape index (κ2) is 11.7. The molecule has 1 fully saturated rings. The lowest BCUT2D eigenvalue weighted by molar-refractivity contribution is -0.143. The molecule has 1 amide bonds. The molecule has 1 aliphatic heterocycles. The summed E-state index contributed by atoms with van der Waals surface area (Å²) >= 11 is 0. The molecule has 2 aromatic rings. The molecule has 1 aromatic carbocycles. The fourth-order valence-electron chi connectivity index (χ4n) is 3.87. The molecule has 184 valence electrons. The summed E-state index contributed by atoms with van der Waals surface area (Å²) in [5.74, 6) is 0.777. The van der Waals surface area contributed by atoms with Crippen molar-refractivity contribution in [2.24, 2.45) is 5.92 Å². The summed E-state index contributed by atoms with van der Waals surface area (Å²) in [6.45, 7) is 8.00. The highest BCUT2D eigenvalue weighted by atomic mass is 16.6. The van der Waals surface area contributed by atoms with Crippen molar-refractivity contribution in [2.75, 3.05) is 31.7 Å². The van der Waals surface area contributed by atoms with Crippen LogP contribution in [0, 0.1) is 5.92 Å². The average molecular weight is 470 g/mol. The SMILES string of the molecule is COC(=O)C(Cc1ccc(OCC2CCN(c3ccncc3)CC2)cc1)NC(=O)OC(C)(C)C. The van der Waals surface area contributed by atoms with Gasteiger partial charge in [0.25, 0.3) is 0 Å². The Hall–Kier alpha value is -3.29. The summed E-state index contributed by atoms with van der Waals surface area (Å²) in [5.41, 5.74) is 1.44. The first kappa shape index (κ1) is 25.3. The zero-order valence-corrected chi connectivity index (χ0v) is 20.5. The van der Waals surface area contributed by atoms with E-state index in [2.05, 4.69) is 15.2 Å². The van der Waals surface area contributed by atoms with E-state index in [1.54, 1.807) is 20.8 Å². The molecule has 1 unspecified atom stereocenters. The molecule has 3 rings (SSSR count). The van der Waals surface area contributed by atoms with Crippen LogP contribution in [0.2, 0.25) is 0 Å². The summed E-state index contributed by atoms with van der Waals surface area (Å²) in [5, 5.41) is 2.60. The third-order valence-corrected chi connectivity index (χ3v) is 5.67. The second-order valence-corrected chi connectivity index (χ2v) is 9.52. The molecular formula is C26H35N3O5. The smallest absolute Gasteiger partial charge is 0.408 e. The highest BCUT2D eigenvalue weighted by Gasteiger charge is 2.25. The van der Waals surface area contributed by atoms with Gasteiger partial charge in [0.1, 0.15) is 17.4 Å². The number of anilines is 1. The van der Waals surface area contributed by atoms with Crippen LogP contribution in [0.1, 0.15) is 39.2 Å². The second-order valence-electron chi connectivity index (χ2n) is 9.52. The minimum atomic E-state index is -0.836. The first-order chi connectivity index (χ1) is 16.2. The summed E-state index contributed by atoms with van der Waals surface area (Å²) in [6.07, 6.45) is 5.46. The number of esters is 1. The molecule has 0 aliphatic carbocycles. The van der Waals surface area contributed by atoms with Crippen molar-refractivity contribution in [1.82, 2.24) is 10.3 Å². The molecule has 1 saturated heterocycles. The van der Waals surface area contributed by atoms with Crippen LogP contribution in [-0.4, -0.2) is 55.5 Å². The van der Waals surface area contributed by atoms with Crippen LogP contribution in [-0.2, 0) is 20.7 Å². The molecule has 8 nitrogen and oxygen atoms in total. The van der Waals surface area contributed by atoms with Gasteiger partial charge in [-0.15, -0.1) is 0 Å². The number of benzene rings is 1. The molecule has 1 aromatic heterocycles. The number of piperidine rings is 1. The van der Waals surface area contributed by atoms with Crippen molar-refractivity contribution in [1.29, 1.82) is 0 Å². The summed E-state index contributed by atoms with van der Waals surface area (Å²) in [6, 6.07) is 10.8. The highest BCUT2D eigenvalue weighted by Crippen LogP contribution is 2.24. The Morgan fingerprint density at radius 2 is 1.74 bits per heavy atom. The van der Waals surface area contributed by atoms with Gasteiger partial charge in [-0.2, -0.15) is 0 Å². The molecule has 8 heteroatoms. The molecule has 2 heterocycles. The van der Waals surface area contributed by atoms with Crippen molar-refractivity contribution in [2.45, 2.75) is 51.7 Å². The Morgan fingerprint density at radius 1 is 1.09 bits per heavy atom. The van der Waals surface area contributed by atoms with Crippen molar-refractivity contribution < 1.29 is 23.8 Å². The van der Waals surface area contributed by atoms with Gasteiger partial charge < -0.3 is 24.4 Å². The number of carbonyl (C=O) groups is 2. The number of alkyl carbamates (subject to hydrolysis) is 1. The zero-order valence-electron chi connectivity index (χ0n) is 20.5. The van der Waals surface area contributed by atoms with Gasteiger partial charge in [0, 0.05) is 37.6 Å². The largest absolute Gasteiger partial charge is 0.493 e. The van der Waals surface area contributed by atoms with E-state index < -0.39 is 23.7 Å². The molecule has 0 spiro atoms. The van der Waals surface area contributed by atoms with Gasteiger partial charge in [-0.3, -0.25) is 4.98 Å². The highest BCUT2D eigenvalue weighted by molar-refractivity contribution is 5.81. The van der Waals surface area contributed by atoms with E-state index in [0.29, 0.717) is 18.9 Å². The van der Waals surface area contributed by atoms with Crippen molar-refractivity contribution in [3.8, 4) is 5.75 Å². The van der Waals surface area contributed by atoms with E-state index in [1.807, 2.05) is 48.8 Å². The van der Waals surface area contributed by atoms with Crippen LogP contribution in [0.25, 0.3) is 0 Å². The van der Waals surface area contributed by atoms with Crippen LogP contribution in [0.5, 0.6) is 5.75 Å². The molecule has 1 N–H and O–H groups in total. The number of methoxy groups -OCH3 is 1. The summed E-state index contributed by atoms with van der Waals surface area (Å²) in [4.78, 5) is 30.7. The first-order valence-electron chi connectivity index (χ1n) is 11.7. The molecule has 1 aliphatic rings. The van der Waals surface area contributed by atoms with E-state index in [4.69, 9.17) is 14.2 Å². The quantitative estimate of drug-likeness (QED) is 0.585. The maximum atomic E-state index is 12.2. The number of aromatic nitrogens is 1. The van der Waals surface area contributed by atoms with Crippen LogP contribution >= 0.6 is 0 Å². The van der Waals surface area contributed by atoms with Crippen molar-refractivity contribution >= 4 is 17.7 Å². The van der Waals surface area contributed by atoms with Gasteiger partial charge in [-0.1, -0.05) is 12.1 Å². The number of rotatable bonds is 8. The number of amides is 1. The van der Waals surface area contributed by atoms with Crippen LogP contribution in [0.4, 0.5) is 10.5 Å². The lowest BCUT2D eigenvalue weighted by Crippen LogP contribution is -2.45. The van der Waals surface area contributed by atoms with Crippen LogP contribution < -0.4 is 15.0 Å². The maximum Gasteiger partial charge on any atom is 0.408 e. The Labute approximate surface area is 201 Å². The predicted molar refractivity (Wildman–Crippen MR) is 130 cm³/mol. The minimum absolute atomic E-state index is 0.291. The topological polar surface area (TPSA) is 90.0 Å². The monoisotopic (exact) mass is 469 g/mol. The number of pyridine rings is 1. The van der Waals surface area contributed by atoms with E-state index in [0.717, 1.165) is 37.2 Å². The number of ether oxygens (including phenoxy) is 3. The molecule has 34 heavy (non-hydrogen) atoms. The molecule has 0 bridgehead atoms. The van der Waals surface area contributed by atoms with Crippen LogP contribution in [0.15, 0.2) is 48.8 Å². The molecule has 0 radical (unpaired) electrons. The van der Waals surface area contributed by atoms with Crippen molar-refractivity contribution in [3.05, 3.63) is 54.4 Å². The van der Waals surface area contributed by atoms with Crippen molar-refractivity contribution in [3.63, 3.8) is 0 Å². The maximum absolute atomic E-state index is 12.2. The number of hydrogen-bond donors (Lipinski definition) is 1. The normalized spacial score (nSPS) is 15.4. The number of hydrogen-bond acceptors (Lipinski definition) is 7. The van der Waals surface area contributed by atoms with Crippen LogP contribution in [0.3, 0.4) is 0 Å². The van der Waals surface area contributed by atoms with E-state index in [-0.39, 0.29) is 0 Å². The van der Waals surface area contributed by atoms with E-state index >= 15 is 0 Å².